The number of ether oxygens (including phenoxy) is 1. The van der Waals surface area contributed by atoms with Crippen molar-refractivity contribution in [2.24, 2.45) is 0 Å². The van der Waals surface area contributed by atoms with E-state index in [2.05, 4.69) is 4.74 Å². The fraction of sp³-hybridized carbons (Fsp3) is 0.714. The highest BCUT2D eigenvalue weighted by atomic mass is 16.5. The first-order valence-electron chi connectivity index (χ1n) is 3.43. The standard InChI is InChI=1S/C7H13NO3/c1-4-6(5-9)8(2)7(10)11-3/h5-6H,4H2,1-3H3. The van der Waals surface area contributed by atoms with Crippen molar-refractivity contribution >= 4 is 12.4 Å². The molecule has 0 heterocycles. The van der Waals surface area contributed by atoms with Crippen LogP contribution in [0, 0.1) is 0 Å². The molecule has 0 fully saturated rings. The molecule has 0 aromatic rings. The first-order valence-corrected chi connectivity index (χ1v) is 3.43. The van der Waals surface area contributed by atoms with Gasteiger partial charge >= 0.3 is 6.09 Å². The number of carbonyl (C=O) groups is 2. The van der Waals surface area contributed by atoms with Gasteiger partial charge in [-0.05, 0) is 6.42 Å². The summed E-state index contributed by atoms with van der Waals surface area (Å²) in [6, 6.07) is -0.373. The lowest BCUT2D eigenvalue weighted by Crippen LogP contribution is -2.37. The Kier molecular flexibility index (Phi) is 4.26. The van der Waals surface area contributed by atoms with Gasteiger partial charge in [0.05, 0.1) is 13.2 Å². The van der Waals surface area contributed by atoms with E-state index in [-0.39, 0.29) is 6.04 Å². The molecule has 0 N–H and O–H groups in total. The van der Waals surface area contributed by atoms with Crippen LogP contribution in [0.2, 0.25) is 0 Å². The van der Waals surface area contributed by atoms with Crippen LogP contribution in [0.1, 0.15) is 13.3 Å². The van der Waals surface area contributed by atoms with Crippen LogP contribution in [0.3, 0.4) is 0 Å². The molecule has 0 radical (unpaired) electrons. The van der Waals surface area contributed by atoms with Crippen molar-refractivity contribution < 1.29 is 14.3 Å². The quantitative estimate of drug-likeness (QED) is 0.568. The molecule has 1 atom stereocenters. The Morgan fingerprint density at radius 2 is 2.27 bits per heavy atom. The average Bonchev–Trinajstić information content (AvgIpc) is 2.05. The lowest BCUT2D eigenvalue weighted by molar-refractivity contribution is -0.111. The second kappa shape index (κ2) is 4.71. The summed E-state index contributed by atoms with van der Waals surface area (Å²) in [5.41, 5.74) is 0. The molecule has 4 nitrogen and oxygen atoms in total. The van der Waals surface area contributed by atoms with E-state index in [0.717, 1.165) is 6.29 Å². The van der Waals surface area contributed by atoms with Crippen molar-refractivity contribution in [1.82, 2.24) is 4.90 Å². The number of aldehydes is 1. The van der Waals surface area contributed by atoms with Crippen molar-refractivity contribution in [1.29, 1.82) is 0 Å². The van der Waals surface area contributed by atoms with Crippen LogP contribution in [-0.4, -0.2) is 37.5 Å². The number of rotatable bonds is 3. The van der Waals surface area contributed by atoms with E-state index < -0.39 is 6.09 Å². The van der Waals surface area contributed by atoms with Crippen molar-refractivity contribution in [2.75, 3.05) is 14.2 Å². The largest absolute Gasteiger partial charge is 0.453 e. The molecule has 1 unspecified atom stereocenters. The molecule has 11 heavy (non-hydrogen) atoms. The van der Waals surface area contributed by atoms with E-state index in [4.69, 9.17) is 0 Å². The van der Waals surface area contributed by atoms with Gasteiger partial charge in [-0.2, -0.15) is 0 Å². The molecule has 1 amide bonds. The summed E-state index contributed by atoms with van der Waals surface area (Å²) in [6.07, 6.45) is 0.857. The summed E-state index contributed by atoms with van der Waals surface area (Å²) in [5, 5.41) is 0. The zero-order valence-electron chi connectivity index (χ0n) is 7.03. The highest BCUT2D eigenvalue weighted by Gasteiger charge is 2.16. The van der Waals surface area contributed by atoms with Crippen LogP contribution in [0.25, 0.3) is 0 Å². The number of amides is 1. The number of hydrogen-bond donors (Lipinski definition) is 0. The molecular weight excluding hydrogens is 146 g/mol. The van der Waals surface area contributed by atoms with Gasteiger partial charge in [-0.15, -0.1) is 0 Å². The van der Waals surface area contributed by atoms with Crippen LogP contribution >= 0.6 is 0 Å². The van der Waals surface area contributed by atoms with Crippen LogP contribution in [-0.2, 0) is 9.53 Å². The summed E-state index contributed by atoms with van der Waals surface area (Å²) in [6.45, 7) is 1.83. The number of hydrogen-bond acceptors (Lipinski definition) is 3. The molecule has 0 bridgehead atoms. The predicted octanol–water partition coefficient (Wildman–Crippen LogP) is 0.662. The first kappa shape index (κ1) is 9.94. The van der Waals surface area contributed by atoms with Gasteiger partial charge in [-0.1, -0.05) is 6.92 Å². The van der Waals surface area contributed by atoms with Gasteiger partial charge in [-0.25, -0.2) is 4.79 Å². The Balaban J connectivity index is 4.07. The summed E-state index contributed by atoms with van der Waals surface area (Å²) in [7, 11) is 2.82. The van der Waals surface area contributed by atoms with Crippen molar-refractivity contribution in [3.8, 4) is 0 Å². The zero-order chi connectivity index (χ0) is 8.85. The summed E-state index contributed by atoms with van der Waals surface area (Å²) >= 11 is 0. The van der Waals surface area contributed by atoms with E-state index >= 15 is 0 Å². The van der Waals surface area contributed by atoms with Crippen molar-refractivity contribution in [2.45, 2.75) is 19.4 Å². The fourth-order valence-electron chi connectivity index (χ4n) is 0.741. The molecule has 0 spiro atoms. The third kappa shape index (κ3) is 2.57. The van der Waals surface area contributed by atoms with E-state index in [9.17, 15) is 9.59 Å². The Morgan fingerprint density at radius 3 is 2.55 bits per heavy atom. The number of methoxy groups -OCH3 is 1. The lowest BCUT2D eigenvalue weighted by Gasteiger charge is -2.20. The molecule has 0 aliphatic rings. The molecule has 0 aliphatic carbocycles. The van der Waals surface area contributed by atoms with Gasteiger partial charge in [0.25, 0.3) is 0 Å². The molecule has 0 saturated heterocycles. The minimum Gasteiger partial charge on any atom is -0.453 e. The normalized spacial score (nSPS) is 11.9. The molecule has 0 aromatic carbocycles. The number of likely N-dealkylation sites (N-methyl/N-ethyl adjacent to an activating group) is 1. The van der Waals surface area contributed by atoms with Crippen molar-refractivity contribution in [3.05, 3.63) is 0 Å². The topological polar surface area (TPSA) is 46.6 Å². The van der Waals surface area contributed by atoms with Gasteiger partial charge in [-0.3, -0.25) is 0 Å². The number of carbonyl (C=O) groups excluding carboxylic acids is 2. The molecule has 0 aromatic heterocycles. The second-order valence-corrected chi connectivity index (χ2v) is 2.19. The summed E-state index contributed by atoms with van der Waals surface area (Å²) < 4.78 is 4.42. The monoisotopic (exact) mass is 159 g/mol. The van der Waals surface area contributed by atoms with Gasteiger partial charge in [0.2, 0.25) is 0 Å². The molecule has 0 rings (SSSR count). The number of nitrogens with zero attached hydrogens (tertiary/aromatic N) is 1. The Hall–Kier alpha value is -1.06. The minimum absolute atomic E-state index is 0.373. The molecular formula is C7H13NO3. The van der Waals surface area contributed by atoms with E-state index in [0.29, 0.717) is 6.42 Å². The van der Waals surface area contributed by atoms with Gasteiger partial charge in [0.1, 0.15) is 6.29 Å². The maximum absolute atomic E-state index is 10.8. The van der Waals surface area contributed by atoms with E-state index in [1.807, 2.05) is 6.92 Å². The highest BCUT2D eigenvalue weighted by Crippen LogP contribution is 1.99. The third-order valence-corrected chi connectivity index (χ3v) is 1.54. The average molecular weight is 159 g/mol. The SMILES string of the molecule is CCC(C=O)N(C)C(=O)OC. The van der Waals surface area contributed by atoms with Crippen LogP contribution < -0.4 is 0 Å². The maximum Gasteiger partial charge on any atom is 0.409 e. The fourth-order valence-corrected chi connectivity index (χ4v) is 0.741. The predicted molar refractivity (Wildman–Crippen MR) is 40.3 cm³/mol. The Bertz CT molecular complexity index is 147. The zero-order valence-corrected chi connectivity index (χ0v) is 7.03. The van der Waals surface area contributed by atoms with Crippen LogP contribution in [0.4, 0.5) is 4.79 Å². The summed E-state index contributed by atoms with van der Waals surface area (Å²) in [4.78, 5) is 22.4. The lowest BCUT2D eigenvalue weighted by atomic mass is 10.2. The molecule has 0 saturated carbocycles. The Morgan fingerprint density at radius 1 is 1.73 bits per heavy atom. The molecule has 0 aliphatic heterocycles. The Labute approximate surface area is 66.1 Å². The first-order chi connectivity index (χ1) is 5.17. The second-order valence-electron chi connectivity index (χ2n) is 2.19. The molecule has 4 heteroatoms. The minimum atomic E-state index is -0.482. The third-order valence-electron chi connectivity index (χ3n) is 1.54. The van der Waals surface area contributed by atoms with Gasteiger partial charge in [0, 0.05) is 7.05 Å². The maximum atomic E-state index is 10.8. The molecule has 64 valence electrons. The van der Waals surface area contributed by atoms with Gasteiger partial charge < -0.3 is 14.4 Å². The van der Waals surface area contributed by atoms with Crippen LogP contribution in [0.15, 0.2) is 0 Å². The summed E-state index contributed by atoms with van der Waals surface area (Å²) in [5.74, 6) is 0. The van der Waals surface area contributed by atoms with Gasteiger partial charge in [0.15, 0.2) is 0 Å². The smallest absolute Gasteiger partial charge is 0.409 e. The van der Waals surface area contributed by atoms with Crippen LogP contribution in [0.5, 0.6) is 0 Å². The van der Waals surface area contributed by atoms with E-state index in [1.165, 1.54) is 19.1 Å². The van der Waals surface area contributed by atoms with E-state index in [1.54, 1.807) is 0 Å². The highest BCUT2D eigenvalue weighted by molar-refractivity contribution is 5.72. The van der Waals surface area contributed by atoms with Crippen molar-refractivity contribution in [3.63, 3.8) is 0 Å².